The van der Waals surface area contributed by atoms with Crippen molar-refractivity contribution in [2.24, 2.45) is 0 Å². The number of anilines is 1. The molecule has 0 aliphatic carbocycles. The molecule has 1 aromatic rings. The lowest BCUT2D eigenvalue weighted by Crippen LogP contribution is -2.69. The van der Waals surface area contributed by atoms with Crippen LogP contribution in [0.25, 0.3) is 0 Å². The Balaban J connectivity index is 1.62. The van der Waals surface area contributed by atoms with Gasteiger partial charge in [0, 0.05) is 44.5 Å². The quantitative estimate of drug-likeness (QED) is 0.807. The zero-order valence-electron chi connectivity index (χ0n) is 11.3. The van der Waals surface area contributed by atoms with Gasteiger partial charge in [0.1, 0.15) is 0 Å². The molecule has 3 aliphatic heterocycles. The smallest absolute Gasteiger partial charge is 0.0589 e. The molecule has 98 valence electrons. The molecule has 0 aromatic heterocycles. The molecule has 0 N–H and O–H groups in total. The Hall–Kier alpha value is -1.06. The van der Waals surface area contributed by atoms with Gasteiger partial charge in [-0.2, -0.15) is 0 Å². The van der Waals surface area contributed by atoms with E-state index in [9.17, 15) is 0 Å². The van der Waals surface area contributed by atoms with E-state index in [1.165, 1.54) is 30.8 Å². The van der Waals surface area contributed by atoms with Crippen molar-refractivity contribution in [3.05, 3.63) is 29.8 Å². The summed E-state index contributed by atoms with van der Waals surface area (Å²) in [7, 11) is 1.79. The molecule has 3 heteroatoms. The van der Waals surface area contributed by atoms with Gasteiger partial charge >= 0.3 is 0 Å². The van der Waals surface area contributed by atoms with Gasteiger partial charge < -0.3 is 9.64 Å². The van der Waals surface area contributed by atoms with Crippen molar-refractivity contribution in [2.45, 2.75) is 25.4 Å². The summed E-state index contributed by atoms with van der Waals surface area (Å²) in [6, 6.07) is 10.4. The minimum atomic E-state index is 0.736. The summed E-state index contributed by atoms with van der Waals surface area (Å²) >= 11 is 0. The summed E-state index contributed by atoms with van der Waals surface area (Å²) in [5.74, 6) is 0. The molecule has 3 aliphatic rings. The Morgan fingerprint density at radius 1 is 1.17 bits per heavy atom. The molecule has 3 nitrogen and oxygen atoms in total. The predicted octanol–water partition coefficient (Wildman–Crippen LogP) is 1.90. The second-order valence-corrected chi connectivity index (χ2v) is 5.51. The lowest BCUT2D eigenvalue weighted by atomic mass is 9.87. The molecule has 3 saturated heterocycles. The van der Waals surface area contributed by atoms with Gasteiger partial charge in [0.25, 0.3) is 0 Å². The Labute approximate surface area is 109 Å². The number of rotatable bonds is 4. The number of fused-ring (bicyclic) bond motifs is 2. The highest BCUT2D eigenvalue weighted by Gasteiger charge is 2.43. The highest BCUT2D eigenvalue weighted by molar-refractivity contribution is 5.49. The molecule has 18 heavy (non-hydrogen) atoms. The van der Waals surface area contributed by atoms with Crippen LogP contribution in [0.15, 0.2) is 24.3 Å². The standard InChI is InChI=1S/C15H22N2O/c1-12-3-5-13(6-4-12)16-10-14-9-15(11-16)17(14)7-8-18-2/h3-6,14-15H,7-11H2,1-2H3. The first-order valence-corrected chi connectivity index (χ1v) is 6.84. The summed E-state index contributed by atoms with van der Waals surface area (Å²) in [5, 5.41) is 0. The first kappa shape index (κ1) is 12.0. The van der Waals surface area contributed by atoms with E-state index in [-0.39, 0.29) is 0 Å². The highest BCUT2D eigenvalue weighted by atomic mass is 16.5. The van der Waals surface area contributed by atoms with Crippen LogP contribution in [0.4, 0.5) is 5.69 Å². The lowest BCUT2D eigenvalue weighted by molar-refractivity contribution is -0.0175. The zero-order valence-corrected chi connectivity index (χ0v) is 11.3. The zero-order chi connectivity index (χ0) is 12.5. The molecule has 2 bridgehead atoms. The third-order valence-electron chi connectivity index (χ3n) is 4.30. The molecule has 0 saturated carbocycles. The fourth-order valence-corrected chi connectivity index (χ4v) is 3.22. The van der Waals surface area contributed by atoms with Gasteiger partial charge in [0.2, 0.25) is 0 Å². The van der Waals surface area contributed by atoms with Crippen LogP contribution in [0.5, 0.6) is 0 Å². The molecule has 2 atom stereocenters. The molecular weight excluding hydrogens is 224 g/mol. The second kappa shape index (κ2) is 4.90. The van der Waals surface area contributed by atoms with Crippen molar-refractivity contribution in [3.8, 4) is 0 Å². The van der Waals surface area contributed by atoms with Crippen LogP contribution in [0.3, 0.4) is 0 Å². The average molecular weight is 246 g/mol. The van der Waals surface area contributed by atoms with Crippen LogP contribution in [0.1, 0.15) is 12.0 Å². The van der Waals surface area contributed by atoms with Crippen LogP contribution in [0.2, 0.25) is 0 Å². The number of hydrogen-bond donors (Lipinski definition) is 0. The normalized spacial score (nSPS) is 27.1. The molecule has 0 radical (unpaired) electrons. The lowest BCUT2D eigenvalue weighted by Gasteiger charge is -2.57. The van der Waals surface area contributed by atoms with Crippen LogP contribution >= 0.6 is 0 Å². The van der Waals surface area contributed by atoms with Gasteiger partial charge in [-0.05, 0) is 25.5 Å². The third-order valence-corrected chi connectivity index (χ3v) is 4.30. The molecule has 1 aromatic carbocycles. The largest absolute Gasteiger partial charge is 0.383 e. The number of ether oxygens (including phenoxy) is 1. The average Bonchev–Trinajstić information content (AvgIpc) is 2.40. The number of piperidine rings is 1. The van der Waals surface area contributed by atoms with Crippen LogP contribution in [0, 0.1) is 6.92 Å². The SMILES string of the molecule is COCCN1C2CC1CN(c1ccc(C)cc1)C2. The van der Waals surface area contributed by atoms with E-state index in [4.69, 9.17) is 4.74 Å². The summed E-state index contributed by atoms with van der Waals surface area (Å²) in [4.78, 5) is 5.13. The Kier molecular flexibility index (Phi) is 3.27. The maximum Gasteiger partial charge on any atom is 0.0589 e. The van der Waals surface area contributed by atoms with E-state index in [0.29, 0.717) is 0 Å². The van der Waals surface area contributed by atoms with Crippen molar-refractivity contribution in [2.75, 3.05) is 38.3 Å². The predicted molar refractivity (Wildman–Crippen MR) is 74.2 cm³/mol. The minimum Gasteiger partial charge on any atom is -0.383 e. The maximum absolute atomic E-state index is 5.18. The van der Waals surface area contributed by atoms with Gasteiger partial charge in [-0.15, -0.1) is 0 Å². The number of methoxy groups -OCH3 is 1. The molecule has 0 spiro atoms. The van der Waals surface area contributed by atoms with E-state index in [1.807, 2.05) is 0 Å². The topological polar surface area (TPSA) is 15.7 Å². The molecule has 3 fully saturated rings. The number of hydrogen-bond acceptors (Lipinski definition) is 3. The summed E-state index contributed by atoms with van der Waals surface area (Å²) in [6.45, 7) is 6.43. The number of piperazine rings is 1. The summed E-state index contributed by atoms with van der Waals surface area (Å²) in [6.07, 6.45) is 1.37. The van der Waals surface area contributed by atoms with Crippen molar-refractivity contribution in [3.63, 3.8) is 0 Å². The van der Waals surface area contributed by atoms with Crippen LogP contribution in [-0.2, 0) is 4.74 Å². The first-order chi connectivity index (χ1) is 8.78. The Morgan fingerprint density at radius 3 is 2.44 bits per heavy atom. The van der Waals surface area contributed by atoms with Crippen molar-refractivity contribution >= 4 is 5.69 Å². The first-order valence-electron chi connectivity index (χ1n) is 6.84. The third kappa shape index (κ3) is 2.13. The van der Waals surface area contributed by atoms with Crippen molar-refractivity contribution < 1.29 is 4.74 Å². The summed E-state index contributed by atoms with van der Waals surface area (Å²) in [5.41, 5.74) is 2.71. The second-order valence-electron chi connectivity index (χ2n) is 5.51. The van der Waals surface area contributed by atoms with Crippen molar-refractivity contribution in [1.29, 1.82) is 0 Å². The number of nitrogens with zero attached hydrogens (tertiary/aromatic N) is 2. The molecule has 4 rings (SSSR count). The van der Waals surface area contributed by atoms with Gasteiger partial charge in [0.15, 0.2) is 0 Å². The molecule has 3 heterocycles. The Morgan fingerprint density at radius 2 is 1.83 bits per heavy atom. The van der Waals surface area contributed by atoms with E-state index >= 15 is 0 Å². The van der Waals surface area contributed by atoms with Crippen LogP contribution < -0.4 is 4.90 Å². The van der Waals surface area contributed by atoms with E-state index < -0.39 is 0 Å². The van der Waals surface area contributed by atoms with Crippen molar-refractivity contribution in [1.82, 2.24) is 4.90 Å². The summed E-state index contributed by atoms with van der Waals surface area (Å²) < 4.78 is 5.18. The maximum atomic E-state index is 5.18. The fraction of sp³-hybridized carbons (Fsp3) is 0.600. The van der Waals surface area contributed by atoms with Gasteiger partial charge in [-0.3, -0.25) is 4.90 Å². The highest BCUT2D eigenvalue weighted by Crippen LogP contribution is 2.34. The molecule has 0 amide bonds. The van der Waals surface area contributed by atoms with Gasteiger partial charge in [-0.1, -0.05) is 17.7 Å². The van der Waals surface area contributed by atoms with E-state index in [2.05, 4.69) is 41.0 Å². The minimum absolute atomic E-state index is 0.736. The van der Waals surface area contributed by atoms with Gasteiger partial charge in [-0.25, -0.2) is 0 Å². The molecule has 2 unspecified atom stereocenters. The van der Waals surface area contributed by atoms with E-state index in [0.717, 1.165) is 25.2 Å². The van der Waals surface area contributed by atoms with E-state index in [1.54, 1.807) is 7.11 Å². The van der Waals surface area contributed by atoms with Gasteiger partial charge in [0.05, 0.1) is 6.61 Å². The van der Waals surface area contributed by atoms with Crippen LogP contribution in [-0.4, -0.2) is 50.3 Å². The number of aryl methyl sites for hydroxylation is 1. The number of benzene rings is 1. The molecular formula is C15H22N2O. The fourth-order valence-electron chi connectivity index (χ4n) is 3.22. The monoisotopic (exact) mass is 246 g/mol. The Bertz CT molecular complexity index is 391.